The minimum atomic E-state index is -0.202. The Balaban J connectivity index is 1.89. The summed E-state index contributed by atoms with van der Waals surface area (Å²) in [4.78, 5) is 28.3. The molecule has 29 heavy (non-hydrogen) atoms. The minimum absolute atomic E-state index is 0.00193. The van der Waals surface area contributed by atoms with Gasteiger partial charge < -0.3 is 0 Å². The number of aryl methyl sites for hydroxylation is 1. The monoisotopic (exact) mass is 471 g/mol. The number of hydrogen-bond acceptors (Lipinski definition) is 2. The SMILES string of the molecule is Cc1ccc(N2C(=O)CC(c3ccc(Br)cc3)C3=C2CC(C)(C)CC3=O)cc1Cl. The number of anilines is 1. The molecule has 1 heterocycles. The largest absolute Gasteiger partial charge is 0.294 e. The highest BCUT2D eigenvalue weighted by molar-refractivity contribution is 9.10. The summed E-state index contributed by atoms with van der Waals surface area (Å²) in [6.45, 7) is 6.11. The van der Waals surface area contributed by atoms with E-state index in [9.17, 15) is 9.59 Å². The van der Waals surface area contributed by atoms with E-state index in [1.807, 2.05) is 49.4 Å². The number of carbonyl (C=O) groups excluding carboxylic acids is 2. The molecule has 0 saturated carbocycles. The molecule has 0 N–H and O–H groups in total. The van der Waals surface area contributed by atoms with Crippen LogP contribution in [0.2, 0.25) is 5.02 Å². The predicted octanol–water partition coefficient (Wildman–Crippen LogP) is 6.57. The number of halogens is 2. The van der Waals surface area contributed by atoms with Gasteiger partial charge in [-0.25, -0.2) is 0 Å². The second-order valence-corrected chi connectivity index (χ2v) is 10.1. The molecule has 1 unspecified atom stereocenters. The van der Waals surface area contributed by atoms with Crippen LogP contribution in [0.5, 0.6) is 0 Å². The third-order valence-electron chi connectivity index (χ3n) is 5.83. The highest BCUT2D eigenvalue weighted by Crippen LogP contribution is 2.48. The van der Waals surface area contributed by atoms with Crippen molar-refractivity contribution in [2.45, 2.75) is 46.0 Å². The number of Topliss-reactive ketones (excluding diaryl/α,β-unsaturated/α-hetero) is 1. The molecule has 2 aromatic carbocycles. The summed E-state index contributed by atoms with van der Waals surface area (Å²) in [6, 6.07) is 13.6. The molecule has 5 heteroatoms. The molecule has 2 aromatic rings. The van der Waals surface area contributed by atoms with Crippen LogP contribution < -0.4 is 4.90 Å². The lowest BCUT2D eigenvalue weighted by molar-refractivity contribution is -0.121. The Labute approximate surface area is 184 Å². The normalized spacial score (nSPS) is 21.4. The van der Waals surface area contributed by atoms with Gasteiger partial charge in [0.05, 0.1) is 5.69 Å². The molecule has 1 amide bonds. The maximum absolute atomic E-state index is 13.3. The number of benzene rings is 2. The zero-order valence-electron chi connectivity index (χ0n) is 16.8. The first-order valence-corrected chi connectivity index (χ1v) is 10.9. The van der Waals surface area contributed by atoms with Crippen molar-refractivity contribution < 1.29 is 9.59 Å². The van der Waals surface area contributed by atoms with E-state index in [2.05, 4.69) is 29.8 Å². The average Bonchev–Trinajstić information content (AvgIpc) is 2.63. The molecule has 0 radical (unpaired) electrons. The first-order chi connectivity index (χ1) is 13.7. The Kier molecular flexibility index (Phi) is 5.20. The smallest absolute Gasteiger partial charge is 0.232 e. The van der Waals surface area contributed by atoms with Crippen LogP contribution in [0.1, 0.15) is 50.2 Å². The maximum atomic E-state index is 13.3. The summed E-state index contributed by atoms with van der Waals surface area (Å²) >= 11 is 9.82. The molecule has 0 spiro atoms. The quantitative estimate of drug-likeness (QED) is 0.495. The number of rotatable bonds is 2. The van der Waals surface area contributed by atoms with Crippen LogP contribution in [-0.4, -0.2) is 11.7 Å². The van der Waals surface area contributed by atoms with Crippen LogP contribution in [0.15, 0.2) is 58.2 Å². The summed E-state index contributed by atoms with van der Waals surface area (Å²) in [5, 5.41) is 0.619. The molecule has 0 saturated heterocycles. The molecule has 1 atom stereocenters. The number of amides is 1. The summed E-state index contributed by atoms with van der Waals surface area (Å²) in [5.41, 5.74) is 4.12. The summed E-state index contributed by atoms with van der Waals surface area (Å²) in [5.74, 6) is -0.0617. The fourth-order valence-electron chi connectivity index (χ4n) is 4.42. The molecule has 1 aliphatic heterocycles. The first kappa shape index (κ1) is 20.4. The Morgan fingerprint density at radius 3 is 2.41 bits per heavy atom. The lowest BCUT2D eigenvalue weighted by atomic mass is 9.69. The van der Waals surface area contributed by atoms with Crippen molar-refractivity contribution in [2.24, 2.45) is 5.41 Å². The summed E-state index contributed by atoms with van der Waals surface area (Å²) in [7, 11) is 0. The van der Waals surface area contributed by atoms with Crippen LogP contribution in [0.3, 0.4) is 0 Å². The van der Waals surface area contributed by atoms with E-state index >= 15 is 0 Å². The van der Waals surface area contributed by atoms with Gasteiger partial charge in [-0.3, -0.25) is 14.5 Å². The summed E-state index contributed by atoms with van der Waals surface area (Å²) < 4.78 is 0.976. The predicted molar refractivity (Wildman–Crippen MR) is 120 cm³/mol. The fraction of sp³-hybridized carbons (Fsp3) is 0.333. The molecule has 0 bridgehead atoms. The molecule has 0 fully saturated rings. The van der Waals surface area contributed by atoms with Crippen molar-refractivity contribution in [3.05, 3.63) is 74.4 Å². The van der Waals surface area contributed by atoms with E-state index in [1.54, 1.807) is 4.90 Å². The molecule has 150 valence electrons. The third-order valence-corrected chi connectivity index (χ3v) is 6.76. The Morgan fingerprint density at radius 1 is 1.07 bits per heavy atom. The highest BCUT2D eigenvalue weighted by atomic mass is 79.9. The van der Waals surface area contributed by atoms with E-state index in [-0.39, 0.29) is 29.4 Å². The number of ketones is 1. The van der Waals surface area contributed by atoms with E-state index < -0.39 is 0 Å². The van der Waals surface area contributed by atoms with Gasteiger partial charge in [-0.1, -0.05) is 59.6 Å². The average molecular weight is 473 g/mol. The molecule has 0 aromatic heterocycles. The molecule has 2 aliphatic rings. The molecule has 1 aliphatic carbocycles. The van der Waals surface area contributed by atoms with Gasteiger partial charge in [-0.15, -0.1) is 0 Å². The Hall–Kier alpha value is -1.91. The Morgan fingerprint density at radius 2 is 1.76 bits per heavy atom. The van der Waals surface area contributed by atoms with E-state index in [1.165, 1.54) is 0 Å². The maximum Gasteiger partial charge on any atom is 0.232 e. The van der Waals surface area contributed by atoms with E-state index in [0.717, 1.165) is 32.6 Å². The van der Waals surface area contributed by atoms with Gasteiger partial charge in [-0.2, -0.15) is 0 Å². The van der Waals surface area contributed by atoms with Crippen molar-refractivity contribution in [2.75, 3.05) is 4.90 Å². The molecular formula is C24H23BrClNO2. The van der Waals surface area contributed by atoms with Gasteiger partial charge in [-0.05, 0) is 54.2 Å². The van der Waals surface area contributed by atoms with Crippen molar-refractivity contribution in [3.8, 4) is 0 Å². The van der Waals surface area contributed by atoms with Gasteiger partial charge in [0.1, 0.15) is 0 Å². The Bertz CT molecular complexity index is 1040. The number of allylic oxidation sites excluding steroid dienone is 2. The van der Waals surface area contributed by atoms with E-state index in [4.69, 9.17) is 11.6 Å². The van der Waals surface area contributed by atoms with Gasteiger partial charge in [0.25, 0.3) is 0 Å². The lowest BCUT2D eigenvalue weighted by Crippen LogP contribution is -2.43. The van der Waals surface area contributed by atoms with Crippen molar-refractivity contribution in [1.82, 2.24) is 0 Å². The van der Waals surface area contributed by atoms with Crippen molar-refractivity contribution >= 4 is 44.9 Å². The molecular weight excluding hydrogens is 450 g/mol. The van der Waals surface area contributed by atoms with Gasteiger partial charge >= 0.3 is 0 Å². The van der Waals surface area contributed by atoms with Gasteiger partial charge in [0.2, 0.25) is 5.91 Å². The standard InChI is InChI=1S/C24H23BrClNO2/c1-14-4-9-17(10-19(14)26)27-20-12-24(2,3)13-21(28)23(20)18(11-22(27)29)15-5-7-16(25)8-6-15/h4-10,18H,11-13H2,1-3H3. The van der Waals surface area contributed by atoms with Crippen LogP contribution in [0, 0.1) is 12.3 Å². The van der Waals surface area contributed by atoms with Crippen LogP contribution in [-0.2, 0) is 9.59 Å². The van der Waals surface area contributed by atoms with Crippen molar-refractivity contribution in [1.29, 1.82) is 0 Å². The number of hydrogen-bond donors (Lipinski definition) is 0. The van der Waals surface area contributed by atoms with E-state index in [0.29, 0.717) is 17.9 Å². The topological polar surface area (TPSA) is 37.4 Å². The van der Waals surface area contributed by atoms with Gasteiger partial charge in [0, 0.05) is 39.5 Å². The molecule has 4 rings (SSSR count). The second kappa shape index (κ2) is 7.41. The minimum Gasteiger partial charge on any atom is -0.294 e. The van der Waals surface area contributed by atoms with Crippen LogP contribution in [0.25, 0.3) is 0 Å². The zero-order chi connectivity index (χ0) is 20.9. The van der Waals surface area contributed by atoms with Crippen LogP contribution in [0.4, 0.5) is 5.69 Å². The third kappa shape index (κ3) is 3.80. The highest BCUT2D eigenvalue weighted by Gasteiger charge is 2.44. The molecule has 3 nitrogen and oxygen atoms in total. The van der Waals surface area contributed by atoms with Crippen molar-refractivity contribution in [3.63, 3.8) is 0 Å². The zero-order valence-corrected chi connectivity index (χ0v) is 19.1. The second-order valence-electron chi connectivity index (χ2n) is 8.77. The summed E-state index contributed by atoms with van der Waals surface area (Å²) in [6.07, 6.45) is 1.45. The lowest BCUT2D eigenvalue weighted by Gasteiger charge is -2.43. The number of nitrogens with zero attached hydrogens (tertiary/aromatic N) is 1. The fourth-order valence-corrected chi connectivity index (χ4v) is 4.85. The number of carbonyl (C=O) groups is 2. The van der Waals surface area contributed by atoms with Gasteiger partial charge in [0.15, 0.2) is 5.78 Å². The first-order valence-electron chi connectivity index (χ1n) is 9.77. The van der Waals surface area contributed by atoms with Crippen LogP contribution >= 0.6 is 27.5 Å².